The van der Waals surface area contributed by atoms with Crippen molar-refractivity contribution in [1.82, 2.24) is 24.6 Å². The van der Waals surface area contributed by atoms with Gasteiger partial charge in [0.2, 0.25) is 0 Å². The largest absolute Gasteiger partial charge is 0.340 e. The number of rotatable bonds is 9. The summed E-state index contributed by atoms with van der Waals surface area (Å²) >= 11 is 0. The monoisotopic (exact) mass is 379 g/mol. The Morgan fingerprint density at radius 1 is 1.29 bits per heavy atom. The van der Waals surface area contributed by atoms with E-state index in [4.69, 9.17) is 0 Å². The van der Waals surface area contributed by atoms with Crippen LogP contribution in [0.1, 0.15) is 48.4 Å². The van der Waals surface area contributed by atoms with Crippen molar-refractivity contribution in [2.24, 2.45) is 0 Å². The quantitative estimate of drug-likeness (QED) is 0.619. The summed E-state index contributed by atoms with van der Waals surface area (Å²) in [5.41, 5.74) is 3.43. The number of amides is 1. The number of pyridine rings is 2. The third-order valence-corrected chi connectivity index (χ3v) is 4.91. The Labute approximate surface area is 166 Å². The first kappa shape index (κ1) is 20.0. The molecule has 0 radical (unpaired) electrons. The minimum atomic E-state index is -0.0196. The molecule has 3 heterocycles. The molecule has 6 nitrogen and oxygen atoms in total. The average molecular weight is 380 g/mol. The Bertz CT molecular complexity index is 906. The first-order chi connectivity index (χ1) is 13.6. The summed E-state index contributed by atoms with van der Waals surface area (Å²) in [5.74, 6) is -0.0196. The van der Waals surface area contributed by atoms with E-state index in [0.29, 0.717) is 12.2 Å². The highest BCUT2D eigenvalue weighted by Crippen LogP contribution is 2.15. The standard InChI is InChI=1S/C22H29N5O/c1-4-5-12-26(3)22(28)21-19(27-13-7-6-10-20(27)25-21)16-24-17(2)14-18-9-8-11-23-15-18/h6-11,13,15,17,24H,4-5,12,14,16H2,1-3H3. The van der Waals surface area contributed by atoms with E-state index in [1.165, 1.54) is 5.56 Å². The van der Waals surface area contributed by atoms with Crippen molar-refractivity contribution < 1.29 is 4.79 Å². The maximum atomic E-state index is 13.0. The zero-order valence-corrected chi connectivity index (χ0v) is 16.9. The second-order valence-electron chi connectivity index (χ2n) is 7.26. The number of imidazole rings is 1. The molecular weight excluding hydrogens is 350 g/mol. The van der Waals surface area contributed by atoms with E-state index in [1.54, 1.807) is 11.1 Å². The van der Waals surface area contributed by atoms with Gasteiger partial charge in [0, 0.05) is 44.8 Å². The lowest BCUT2D eigenvalue weighted by Crippen LogP contribution is -2.32. The molecule has 1 amide bonds. The maximum absolute atomic E-state index is 13.0. The SMILES string of the molecule is CCCCN(C)C(=O)c1nc2ccccn2c1CNC(C)Cc1cccnc1. The van der Waals surface area contributed by atoms with Crippen LogP contribution < -0.4 is 5.32 Å². The second kappa shape index (κ2) is 9.46. The molecule has 6 heteroatoms. The molecule has 0 aliphatic heterocycles. The van der Waals surface area contributed by atoms with Gasteiger partial charge in [-0.1, -0.05) is 25.5 Å². The second-order valence-corrected chi connectivity index (χ2v) is 7.26. The lowest BCUT2D eigenvalue weighted by molar-refractivity contribution is 0.0786. The first-order valence-electron chi connectivity index (χ1n) is 9.93. The highest BCUT2D eigenvalue weighted by molar-refractivity contribution is 5.94. The third kappa shape index (κ3) is 4.75. The van der Waals surface area contributed by atoms with Gasteiger partial charge < -0.3 is 14.6 Å². The maximum Gasteiger partial charge on any atom is 0.274 e. The molecule has 148 valence electrons. The Morgan fingerprint density at radius 3 is 2.89 bits per heavy atom. The van der Waals surface area contributed by atoms with Crippen LogP contribution in [0.5, 0.6) is 0 Å². The summed E-state index contributed by atoms with van der Waals surface area (Å²) in [6.07, 6.45) is 8.57. The molecule has 0 aromatic carbocycles. The highest BCUT2D eigenvalue weighted by atomic mass is 16.2. The van der Waals surface area contributed by atoms with E-state index in [2.05, 4.69) is 35.2 Å². The van der Waals surface area contributed by atoms with Gasteiger partial charge in [0.15, 0.2) is 5.69 Å². The first-order valence-corrected chi connectivity index (χ1v) is 9.93. The van der Waals surface area contributed by atoms with Gasteiger partial charge in [-0.3, -0.25) is 9.78 Å². The molecule has 3 aromatic heterocycles. The summed E-state index contributed by atoms with van der Waals surface area (Å²) in [7, 11) is 1.85. The average Bonchev–Trinajstić information content (AvgIpc) is 3.09. The summed E-state index contributed by atoms with van der Waals surface area (Å²) < 4.78 is 2.00. The van der Waals surface area contributed by atoms with Gasteiger partial charge in [-0.2, -0.15) is 0 Å². The van der Waals surface area contributed by atoms with Crippen molar-refractivity contribution in [3.8, 4) is 0 Å². The Balaban J connectivity index is 1.78. The van der Waals surface area contributed by atoms with Crippen LogP contribution in [0.2, 0.25) is 0 Å². The van der Waals surface area contributed by atoms with Crippen molar-refractivity contribution in [1.29, 1.82) is 0 Å². The van der Waals surface area contributed by atoms with Crippen LogP contribution in [-0.2, 0) is 13.0 Å². The van der Waals surface area contributed by atoms with Crippen LogP contribution in [0, 0.1) is 0 Å². The number of aromatic nitrogens is 3. The molecule has 3 aromatic rings. The van der Waals surface area contributed by atoms with Crippen LogP contribution in [0.4, 0.5) is 0 Å². The molecule has 1 unspecified atom stereocenters. The fourth-order valence-electron chi connectivity index (χ4n) is 3.28. The molecule has 3 rings (SSSR count). The van der Waals surface area contributed by atoms with E-state index in [-0.39, 0.29) is 11.9 Å². The van der Waals surface area contributed by atoms with Crippen molar-refractivity contribution in [3.63, 3.8) is 0 Å². The summed E-state index contributed by atoms with van der Waals surface area (Å²) in [5, 5.41) is 3.54. The van der Waals surface area contributed by atoms with E-state index in [1.807, 2.05) is 48.1 Å². The van der Waals surface area contributed by atoms with E-state index >= 15 is 0 Å². The smallest absolute Gasteiger partial charge is 0.274 e. The molecule has 0 fully saturated rings. The molecular formula is C22H29N5O. The summed E-state index contributed by atoms with van der Waals surface area (Å²) in [6, 6.07) is 10.1. The number of hydrogen-bond acceptors (Lipinski definition) is 4. The number of carbonyl (C=O) groups is 1. The van der Waals surface area contributed by atoms with Crippen LogP contribution in [0.15, 0.2) is 48.9 Å². The molecule has 1 N–H and O–H groups in total. The Morgan fingerprint density at radius 2 is 2.14 bits per heavy atom. The lowest BCUT2D eigenvalue weighted by Gasteiger charge is -2.17. The minimum absolute atomic E-state index is 0.0196. The number of nitrogens with zero attached hydrogens (tertiary/aromatic N) is 4. The molecule has 1 atom stereocenters. The van der Waals surface area contributed by atoms with Gasteiger partial charge in [0.25, 0.3) is 5.91 Å². The molecule has 0 saturated carbocycles. The predicted octanol–water partition coefficient (Wildman–Crippen LogP) is 3.32. The number of carbonyl (C=O) groups excluding carboxylic acids is 1. The van der Waals surface area contributed by atoms with Crippen LogP contribution in [0.3, 0.4) is 0 Å². The molecule has 0 saturated heterocycles. The van der Waals surface area contributed by atoms with Crippen molar-refractivity contribution in [2.45, 2.75) is 45.7 Å². The summed E-state index contributed by atoms with van der Waals surface area (Å²) in [4.78, 5) is 23.6. The molecule has 0 bridgehead atoms. The normalized spacial score (nSPS) is 12.2. The van der Waals surface area contributed by atoms with E-state index < -0.39 is 0 Å². The van der Waals surface area contributed by atoms with Crippen molar-refractivity contribution >= 4 is 11.6 Å². The van der Waals surface area contributed by atoms with Gasteiger partial charge in [0.05, 0.1) is 5.69 Å². The zero-order valence-electron chi connectivity index (χ0n) is 16.9. The number of unbranched alkanes of at least 4 members (excludes halogenated alkanes) is 1. The lowest BCUT2D eigenvalue weighted by atomic mass is 10.1. The van der Waals surface area contributed by atoms with E-state index in [0.717, 1.165) is 37.1 Å². The fraction of sp³-hybridized carbons (Fsp3) is 0.409. The highest BCUT2D eigenvalue weighted by Gasteiger charge is 2.22. The van der Waals surface area contributed by atoms with Crippen molar-refractivity contribution in [2.75, 3.05) is 13.6 Å². The number of fused-ring (bicyclic) bond motifs is 1. The molecule has 0 spiro atoms. The number of hydrogen-bond donors (Lipinski definition) is 1. The van der Waals surface area contributed by atoms with Gasteiger partial charge >= 0.3 is 0 Å². The van der Waals surface area contributed by atoms with Crippen molar-refractivity contribution in [3.05, 3.63) is 65.9 Å². The Kier molecular flexibility index (Phi) is 6.76. The Hall–Kier alpha value is -2.73. The predicted molar refractivity (Wildman–Crippen MR) is 111 cm³/mol. The van der Waals surface area contributed by atoms with Crippen LogP contribution in [0.25, 0.3) is 5.65 Å². The van der Waals surface area contributed by atoms with Gasteiger partial charge in [-0.15, -0.1) is 0 Å². The fourth-order valence-corrected chi connectivity index (χ4v) is 3.28. The van der Waals surface area contributed by atoms with Crippen LogP contribution >= 0.6 is 0 Å². The number of nitrogens with one attached hydrogen (secondary N) is 1. The molecule has 28 heavy (non-hydrogen) atoms. The topological polar surface area (TPSA) is 62.5 Å². The minimum Gasteiger partial charge on any atom is -0.340 e. The van der Waals surface area contributed by atoms with Gasteiger partial charge in [-0.25, -0.2) is 4.98 Å². The van der Waals surface area contributed by atoms with E-state index in [9.17, 15) is 4.79 Å². The third-order valence-electron chi connectivity index (χ3n) is 4.91. The zero-order chi connectivity index (χ0) is 19.9. The summed E-state index contributed by atoms with van der Waals surface area (Å²) in [6.45, 7) is 5.59. The molecule has 0 aliphatic carbocycles. The van der Waals surface area contributed by atoms with Gasteiger partial charge in [-0.05, 0) is 43.5 Å². The molecule has 0 aliphatic rings. The van der Waals surface area contributed by atoms with Gasteiger partial charge in [0.1, 0.15) is 5.65 Å². The van der Waals surface area contributed by atoms with Crippen LogP contribution in [-0.4, -0.2) is 44.8 Å².